The Labute approximate surface area is 84.3 Å². The summed E-state index contributed by atoms with van der Waals surface area (Å²) < 4.78 is 0. The smallest absolute Gasteiger partial charge is 0.235 e. The molecule has 0 aliphatic heterocycles. The Hall–Kier alpha value is -1.16. The number of rotatable bonds is 3. The van der Waals surface area contributed by atoms with Gasteiger partial charge in [0.25, 0.3) is 0 Å². The molecule has 0 atom stereocenters. The SMILES string of the molecule is O=[C]c1cccc(NC(=O)CBr)c1. The Morgan fingerprint density at radius 3 is 2.92 bits per heavy atom. The molecule has 0 bridgehead atoms. The number of halogens is 1. The van der Waals surface area contributed by atoms with Crippen molar-refractivity contribution in [2.45, 2.75) is 0 Å². The van der Waals surface area contributed by atoms with Gasteiger partial charge < -0.3 is 5.32 Å². The molecule has 0 heterocycles. The highest BCUT2D eigenvalue weighted by Gasteiger charge is 1.99. The number of carbonyl (C=O) groups is 1. The highest BCUT2D eigenvalue weighted by atomic mass is 79.9. The van der Waals surface area contributed by atoms with Gasteiger partial charge in [-0.3, -0.25) is 9.59 Å². The number of hydrogen-bond acceptors (Lipinski definition) is 2. The van der Waals surface area contributed by atoms with Gasteiger partial charge in [-0.2, -0.15) is 0 Å². The van der Waals surface area contributed by atoms with Gasteiger partial charge in [0, 0.05) is 11.3 Å². The quantitative estimate of drug-likeness (QED) is 0.814. The van der Waals surface area contributed by atoms with Crippen LogP contribution in [-0.2, 0) is 9.59 Å². The first-order valence-corrected chi connectivity index (χ1v) is 4.72. The summed E-state index contributed by atoms with van der Waals surface area (Å²) in [6, 6.07) is 6.58. The van der Waals surface area contributed by atoms with E-state index in [0.29, 0.717) is 11.3 Å². The topological polar surface area (TPSA) is 46.2 Å². The minimum atomic E-state index is -0.150. The molecular formula is C9H7BrNO2. The molecule has 1 radical (unpaired) electrons. The Bertz CT molecular complexity index is 325. The monoisotopic (exact) mass is 240 g/mol. The summed E-state index contributed by atoms with van der Waals surface area (Å²) in [5, 5.41) is 2.84. The van der Waals surface area contributed by atoms with Crippen LogP contribution in [0.3, 0.4) is 0 Å². The van der Waals surface area contributed by atoms with Crippen molar-refractivity contribution < 1.29 is 9.59 Å². The zero-order valence-corrected chi connectivity index (χ0v) is 8.30. The first-order chi connectivity index (χ1) is 6.26. The van der Waals surface area contributed by atoms with Crippen LogP contribution in [0.2, 0.25) is 0 Å². The second kappa shape index (κ2) is 4.77. The van der Waals surface area contributed by atoms with Gasteiger partial charge in [0.2, 0.25) is 12.2 Å². The Balaban J connectivity index is 2.77. The van der Waals surface area contributed by atoms with Crippen molar-refractivity contribution in [1.82, 2.24) is 0 Å². The van der Waals surface area contributed by atoms with Gasteiger partial charge in [-0.15, -0.1) is 0 Å². The Morgan fingerprint density at radius 1 is 1.54 bits per heavy atom. The molecule has 0 fully saturated rings. The van der Waals surface area contributed by atoms with E-state index in [9.17, 15) is 9.59 Å². The summed E-state index contributed by atoms with van der Waals surface area (Å²) >= 11 is 3.02. The third kappa shape index (κ3) is 2.99. The lowest BCUT2D eigenvalue weighted by Crippen LogP contribution is -2.12. The molecule has 0 aliphatic rings. The first kappa shape index (κ1) is 9.92. The van der Waals surface area contributed by atoms with Gasteiger partial charge in [0.05, 0.1) is 5.33 Å². The van der Waals surface area contributed by atoms with E-state index in [-0.39, 0.29) is 11.2 Å². The van der Waals surface area contributed by atoms with E-state index in [1.54, 1.807) is 30.6 Å². The molecule has 4 heteroatoms. The largest absolute Gasteiger partial charge is 0.325 e. The van der Waals surface area contributed by atoms with Crippen LogP contribution >= 0.6 is 15.9 Å². The molecule has 1 aromatic carbocycles. The number of carbonyl (C=O) groups excluding carboxylic acids is 2. The van der Waals surface area contributed by atoms with Crippen molar-refractivity contribution in [1.29, 1.82) is 0 Å². The maximum Gasteiger partial charge on any atom is 0.235 e. The molecule has 0 spiro atoms. The number of amides is 1. The van der Waals surface area contributed by atoms with Crippen molar-refractivity contribution in [2.75, 3.05) is 10.6 Å². The van der Waals surface area contributed by atoms with Crippen molar-refractivity contribution in [3.05, 3.63) is 29.8 Å². The van der Waals surface area contributed by atoms with E-state index in [1.807, 2.05) is 0 Å². The van der Waals surface area contributed by atoms with Crippen molar-refractivity contribution in [3.8, 4) is 0 Å². The molecule has 1 N–H and O–H groups in total. The standard InChI is InChI=1S/C9H7BrNO2/c10-5-9(13)11-8-3-1-2-7(4-8)6-12/h1-4H,5H2,(H,11,13). The van der Waals surface area contributed by atoms with E-state index in [2.05, 4.69) is 21.2 Å². The molecule has 1 rings (SSSR count). The number of hydrogen-bond donors (Lipinski definition) is 1. The third-order valence-corrected chi connectivity index (χ3v) is 1.89. The van der Waals surface area contributed by atoms with Crippen molar-refractivity contribution >= 4 is 33.8 Å². The molecule has 13 heavy (non-hydrogen) atoms. The zero-order valence-electron chi connectivity index (χ0n) is 6.71. The lowest BCUT2D eigenvalue weighted by Gasteiger charge is -2.02. The normalized spacial score (nSPS) is 9.31. The third-order valence-electron chi connectivity index (χ3n) is 1.39. The van der Waals surface area contributed by atoms with E-state index in [0.717, 1.165) is 0 Å². The minimum Gasteiger partial charge on any atom is -0.325 e. The zero-order chi connectivity index (χ0) is 9.68. The van der Waals surface area contributed by atoms with E-state index in [1.165, 1.54) is 0 Å². The van der Waals surface area contributed by atoms with Crippen LogP contribution in [-0.4, -0.2) is 17.5 Å². The summed E-state index contributed by atoms with van der Waals surface area (Å²) in [4.78, 5) is 21.2. The fourth-order valence-electron chi connectivity index (χ4n) is 0.855. The summed E-state index contributed by atoms with van der Waals surface area (Å²) in [7, 11) is 0. The van der Waals surface area contributed by atoms with Crippen LogP contribution in [0.15, 0.2) is 24.3 Å². The van der Waals surface area contributed by atoms with Crippen molar-refractivity contribution in [3.63, 3.8) is 0 Å². The van der Waals surface area contributed by atoms with Gasteiger partial charge in [-0.1, -0.05) is 28.1 Å². The molecule has 67 valence electrons. The first-order valence-electron chi connectivity index (χ1n) is 3.60. The van der Waals surface area contributed by atoms with Crippen LogP contribution in [0.4, 0.5) is 5.69 Å². The second-order valence-corrected chi connectivity index (χ2v) is 2.93. The maximum absolute atomic E-state index is 10.9. The van der Waals surface area contributed by atoms with E-state index in [4.69, 9.17) is 0 Å². The maximum atomic E-state index is 10.9. The molecular weight excluding hydrogens is 234 g/mol. The Kier molecular flexibility index (Phi) is 3.64. The molecule has 0 saturated carbocycles. The minimum absolute atomic E-state index is 0.150. The van der Waals surface area contributed by atoms with Crippen LogP contribution in [0, 0.1) is 0 Å². The lowest BCUT2D eigenvalue weighted by molar-refractivity contribution is -0.113. The lowest BCUT2D eigenvalue weighted by atomic mass is 10.2. The highest BCUT2D eigenvalue weighted by Crippen LogP contribution is 2.08. The molecule has 0 aromatic heterocycles. The van der Waals surface area contributed by atoms with Gasteiger partial charge in [-0.25, -0.2) is 0 Å². The van der Waals surface area contributed by atoms with Gasteiger partial charge in [0.15, 0.2) is 0 Å². The number of anilines is 1. The van der Waals surface area contributed by atoms with Crippen molar-refractivity contribution in [2.24, 2.45) is 0 Å². The number of benzene rings is 1. The summed E-state index contributed by atoms with van der Waals surface area (Å²) in [6.07, 6.45) is 1.75. The van der Waals surface area contributed by atoms with Crippen LogP contribution in [0.1, 0.15) is 5.56 Å². The molecule has 0 unspecified atom stereocenters. The van der Waals surface area contributed by atoms with E-state index < -0.39 is 0 Å². The second-order valence-electron chi connectivity index (χ2n) is 2.36. The molecule has 0 saturated heterocycles. The predicted molar refractivity (Wildman–Crippen MR) is 53.7 cm³/mol. The number of nitrogens with one attached hydrogen (secondary N) is 1. The number of alkyl halides is 1. The van der Waals surface area contributed by atoms with Crippen LogP contribution in [0.25, 0.3) is 0 Å². The summed E-state index contributed by atoms with van der Waals surface area (Å²) in [6.45, 7) is 0. The van der Waals surface area contributed by atoms with Gasteiger partial charge in [0.1, 0.15) is 0 Å². The van der Waals surface area contributed by atoms with Gasteiger partial charge >= 0.3 is 0 Å². The van der Waals surface area contributed by atoms with E-state index >= 15 is 0 Å². The summed E-state index contributed by atoms with van der Waals surface area (Å²) in [5.41, 5.74) is 1.03. The van der Waals surface area contributed by atoms with Crippen LogP contribution in [0.5, 0.6) is 0 Å². The molecule has 3 nitrogen and oxygen atoms in total. The Morgan fingerprint density at radius 2 is 2.31 bits per heavy atom. The van der Waals surface area contributed by atoms with Crippen LogP contribution < -0.4 is 5.32 Å². The summed E-state index contributed by atoms with van der Waals surface area (Å²) in [5.74, 6) is -0.150. The highest BCUT2D eigenvalue weighted by molar-refractivity contribution is 9.09. The molecule has 0 aliphatic carbocycles. The average Bonchev–Trinajstić information content (AvgIpc) is 2.18. The average molecular weight is 241 g/mol. The molecule has 1 amide bonds. The fourth-order valence-corrected chi connectivity index (χ4v) is 0.995. The fraction of sp³-hybridized carbons (Fsp3) is 0.111. The predicted octanol–water partition coefficient (Wildman–Crippen LogP) is 1.48. The molecule has 1 aromatic rings. The van der Waals surface area contributed by atoms with Gasteiger partial charge in [-0.05, 0) is 12.1 Å².